The number of nitrogens with two attached hydrogens (primary N) is 2. The largest absolute Gasteiger partial charge is 0.368 e. The Balaban J connectivity index is 3.18. The number of nitrogens with zero attached hydrogens (tertiary/aromatic N) is 2. The van der Waals surface area contributed by atoms with Gasteiger partial charge < -0.3 is 16.4 Å². The minimum absolute atomic E-state index is 0.00713. The molecule has 10 heteroatoms. The van der Waals surface area contributed by atoms with Crippen LogP contribution in [0.15, 0.2) is 18.2 Å². The minimum atomic E-state index is -0.829. The van der Waals surface area contributed by atoms with Gasteiger partial charge in [-0.1, -0.05) is 0 Å². The van der Waals surface area contributed by atoms with Crippen molar-refractivity contribution in [3.8, 4) is 0 Å². The predicted octanol–water partition coefficient (Wildman–Crippen LogP) is -0.388. The van der Waals surface area contributed by atoms with E-state index in [1.807, 2.05) is 22.6 Å². The lowest BCUT2D eigenvalue weighted by atomic mass is 10.1. The third-order valence-corrected chi connectivity index (χ3v) is 3.31. The zero-order valence-corrected chi connectivity index (χ0v) is 12.8. The fraction of sp³-hybridized carbons (Fsp3) is 0.182. The zero-order chi connectivity index (χ0) is 16.2. The van der Waals surface area contributed by atoms with Crippen molar-refractivity contribution < 1.29 is 19.3 Å². The smallest absolute Gasteiger partial charge is 0.270 e. The van der Waals surface area contributed by atoms with Crippen LogP contribution in [0.3, 0.4) is 0 Å². The van der Waals surface area contributed by atoms with Crippen molar-refractivity contribution in [2.75, 3.05) is 13.1 Å². The van der Waals surface area contributed by atoms with Gasteiger partial charge in [0.1, 0.15) is 13.1 Å². The fourth-order valence-corrected chi connectivity index (χ4v) is 2.10. The van der Waals surface area contributed by atoms with E-state index in [9.17, 15) is 24.5 Å². The van der Waals surface area contributed by atoms with Crippen LogP contribution >= 0.6 is 22.6 Å². The Morgan fingerprint density at radius 1 is 1.19 bits per heavy atom. The number of non-ortho nitro benzene ring substituents is 1. The van der Waals surface area contributed by atoms with Crippen LogP contribution in [0.25, 0.3) is 0 Å². The number of rotatable bonds is 6. The van der Waals surface area contributed by atoms with Crippen LogP contribution in [0.4, 0.5) is 5.69 Å². The van der Waals surface area contributed by atoms with Crippen molar-refractivity contribution in [2.45, 2.75) is 0 Å². The molecule has 1 rings (SSSR count). The molecule has 4 N–H and O–H groups in total. The van der Waals surface area contributed by atoms with E-state index in [0.717, 1.165) is 11.0 Å². The van der Waals surface area contributed by atoms with Gasteiger partial charge >= 0.3 is 0 Å². The summed E-state index contributed by atoms with van der Waals surface area (Å²) in [7, 11) is 0. The number of halogens is 1. The second kappa shape index (κ2) is 6.97. The lowest BCUT2D eigenvalue weighted by Gasteiger charge is -2.20. The highest BCUT2D eigenvalue weighted by atomic mass is 127. The summed E-state index contributed by atoms with van der Waals surface area (Å²) in [4.78, 5) is 45.1. The van der Waals surface area contributed by atoms with Crippen LogP contribution in [0, 0.1) is 13.7 Å². The molecule has 0 radical (unpaired) electrons. The molecule has 0 spiro atoms. The standard InChI is InChI=1S/C11H11IN4O5/c12-8-2-1-6(16(20)21)3-7(8)11(19)15(4-9(13)17)5-10(14)18/h1-3H,4-5H2,(H2,13,17)(H2,14,18). The van der Waals surface area contributed by atoms with E-state index in [2.05, 4.69) is 0 Å². The molecule has 1 aromatic rings. The predicted molar refractivity (Wildman–Crippen MR) is 80.1 cm³/mol. The van der Waals surface area contributed by atoms with E-state index < -0.39 is 35.7 Å². The number of amides is 3. The number of benzene rings is 1. The molecule has 0 aliphatic heterocycles. The fourth-order valence-electron chi connectivity index (χ4n) is 1.54. The molecule has 0 aliphatic rings. The SMILES string of the molecule is NC(=O)CN(CC(N)=O)C(=O)c1cc([N+](=O)[O-])ccc1I. The molecular weight excluding hydrogens is 395 g/mol. The molecule has 0 atom stereocenters. The van der Waals surface area contributed by atoms with Crippen LogP contribution in [0.2, 0.25) is 0 Å². The van der Waals surface area contributed by atoms with Crippen molar-refractivity contribution in [1.29, 1.82) is 0 Å². The van der Waals surface area contributed by atoms with Crippen LogP contribution in [0.1, 0.15) is 10.4 Å². The quantitative estimate of drug-likeness (QED) is 0.375. The Labute approximate surface area is 132 Å². The molecule has 0 unspecified atom stereocenters. The normalized spacial score (nSPS) is 9.95. The first-order valence-electron chi connectivity index (χ1n) is 5.52. The minimum Gasteiger partial charge on any atom is -0.368 e. The van der Waals surface area contributed by atoms with Gasteiger partial charge in [-0.25, -0.2) is 0 Å². The molecule has 0 heterocycles. The number of nitro groups is 1. The van der Waals surface area contributed by atoms with Gasteiger partial charge in [0.2, 0.25) is 11.8 Å². The maximum absolute atomic E-state index is 12.3. The number of primary amides is 2. The average molecular weight is 406 g/mol. The van der Waals surface area contributed by atoms with E-state index in [1.165, 1.54) is 12.1 Å². The Morgan fingerprint density at radius 2 is 1.71 bits per heavy atom. The summed E-state index contributed by atoms with van der Waals surface area (Å²) in [6.07, 6.45) is 0. The summed E-state index contributed by atoms with van der Waals surface area (Å²) in [5.41, 5.74) is 9.72. The summed E-state index contributed by atoms with van der Waals surface area (Å²) in [5, 5.41) is 10.7. The van der Waals surface area contributed by atoms with Crippen LogP contribution in [-0.4, -0.2) is 40.6 Å². The Hall–Kier alpha value is -2.24. The highest BCUT2D eigenvalue weighted by Gasteiger charge is 2.23. The monoisotopic (exact) mass is 406 g/mol. The molecule has 0 saturated heterocycles. The Morgan fingerprint density at radius 3 is 2.14 bits per heavy atom. The number of nitro benzene ring substituents is 1. The molecular formula is C11H11IN4O5. The van der Waals surface area contributed by atoms with E-state index >= 15 is 0 Å². The van der Waals surface area contributed by atoms with Gasteiger partial charge in [-0.05, 0) is 28.7 Å². The molecule has 21 heavy (non-hydrogen) atoms. The molecule has 0 saturated carbocycles. The number of carbonyl (C=O) groups excluding carboxylic acids is 3. The first kappa shape index (κ1) is 16.8. The van der Waals surface area contributed by atoms with Gasteiger partial charge in [-0.2, -0.15) is 0 Å². The third kappa shape index (κ3) is 4.66. The molecule has 0 aromatic heterocycles. The summed E-state index contributed by atoms with van der Waals surface area (Å²) in [6, 6.07) is 3.70. The second-order valence-corrected chi connectivity index (χ2v) is 5.18. The van der Waals surface area contributed by atoms with Crippen molar-refractivity contribution in [1.82, 2.24) is 4.90 Å². The summed E-state index contributed by atoms with van der Waals surface area (Å²) < 4.78 is 0.433. The second-order valence-electron chi connectivity index (χ2n) is 4.02. The number of hydrogen-bond acceptors (Lipinski definition) is 5. The van der Waals surface area contributed by atoms with Gasteiger partial charge in [0.15, 0.2) is 0 Å². The number of hydrogen-bond donors (Lipinski definition) is 2. The molecule has 1 aromatic carbocycles. The lowest BCUT2D eigenvalue weighted by molar-refractivity contribution is -0.384. The Kier molecular flexibility index (Phi) is 5.58. The van der Waals surface area contributed by atoms with Crippen molar-refractivity contribution >= 4 is 46.0 Å². The Bertz CT molecular complexity index is 603. The van der Waals surface area contributed by atoms with Crippen molar-refractivity contribution in [3.05, 3.63) is 37.4 Å². The summed E-state index contributed by atoms with van der Waals surface area (Å²) >= 11 is 1.81. The topological polar surface area (TPSA) is 150 Å². The van der Waals surface area contributed by atoms with Crippen molar-refractivity contribution in [3.63, 3.8) is 0 Å². The van der Waals surface area contributed by atoms with Gasteiger partial charge in [-0.15, -0.1) is 0 Å². The molecule has 3 amide bonds. The summed E-state index contributed by atoms with van der Waals surface area (Å²) in [5.74, 6) is -2.39. The van der Waals surface area contributed by atoms with E-state index in [4.69, 9.17) is 11.5 Å². The molecule has 0 bridgehead atoms. The van der Waals surface area contributed by atoms with Crippen LogP contribution in [-0.2, 0) is 9.59 Å². The van der Waals surface area contributed by atoms with E-state index in [0.29, 0.717) is 3.57 Å². The maximum Gasteiger partial charge on any atom is 0.270 e. The highest BCUT2D eigenvalue weighted by Crippen LogP contribution is 2.21. The van der Waals surface area contributed by atoms with Gasteiger partial charge in [-0.3, -0.25) is 24.5 Å². The van der Waals surface area contributed by atoms with E-state index in [-0.39, 0.29) is 11.3 Å². The number of carbonyl (C=O) groups is 3. The van der Waals surface area contributed by atoms with Crippen LogP contribution in [0.5, 0.6) is 0 Å². The lowest BCUT2D eigenvalue weighted by Crippen LogP contribution is -2.43. The highest BCUT2D eigenvalue weighted by molar-refractivity contribution is 14.1. The van der Waals surface area contributed by atoms with E-state index in [1.54, 1.807) is 0 Å². The zero-order valence-electron chi connectivity index (χ0n) is 10.6. The molecule has 112 valence electrons. The molecule has 9 nitrogen and oxygen atoms in total. The van der Waals surface area contributed by atoms with Gasteiger partial charge in [0.05, 0.1) is 10.5 Å². The maximum atomic E-state index is 12.3. The van der Waals surface area contributed by atoms with Gasteiger partial charge in [0, 0.05) is 15.7 Å². The van der Waals surface area contributed by atoms with Gasteiger partial charge in [0.25, 0.3) is 11.6 Å². The molecule has 0 fully saturated rings. The van der Waals surface area contributed by atoms with Crippen LogP contribution < -0.4 is 11.5 Å². The van der Waals surface area contributed by atoms with Crippen molar-refractivity contribution in [2.24, 2.45) is 11.5 Å². The average Bonchev–Trinajstić information content (AvgIpc) is 2.36. The molecule has 0 aliphatic carbocycles. The third-order valence-electron chi connectivity index (χ3n) is 2.37. The first-order valence-corrected chi connectivity index (χ1v) is 6.60. The first-order chi connectivity index (χ1) is 9.72. The summed E-state index contributed by atoms with van der Waals surface area (Å²) in [6.45, 7) is -1.03.